The highest BCUT2D eigenvalue weighted by Crippen LogP contribution is 2.46. The number of thiophene rings is 1. The summed E-state index contributed by atoms with van der Waals surface area (Å²) in [6, 6.07) is 8.25. The van der Waals surface area contributed by atoms with E-state index in [1.165, 1.54) is 10.5 Å². The van der Waals surface area contributed by atoms with Gasteiger partial charge >= 0.3 is 0 Å². The van der Waals surface area contributed by atoms with E-state index in [0.717, 1.165) is 64.6 Å². The van der Waals surface area contributed by atoms with E-state index in [1.807, 2.05) is 30.5 Å². The minimum atomic E-state index is -0.250. The van der Waals surface area contributed by atoms with Crippen LogP contribution in [0.1, 0.15) is 35.7 Å². The van der Waals surface area contributed by atoms with Crippen LogP contribution in [0.4, 0.5) is 0 Å². The molecule has 2 saturated heterocycles. The number of carbonyl (C=O) groups is 3. The molecule has 2 amide bonds. The number of likely N-dealkylation sites (tertiary alicyclic amines) is 1. The smallest absolute Gasteiger partial charge is 0.290 e. The third-order valence-electron chi connectivity index (χ3n) is 6.90. The van der Waals surface area contributed by atoms with E-state index in [9.17, 15) is 9.59 Å². The number of rotatable bonds is 4. The molecule has 2 aromatic heterocycles. The second-order valence-corrected chi connectivity index (χ2v) is 10.6. The van der Waals surface area contributed by atoms with Crippen LogP contribution < -0.4 is 10.1 Å². The number of imide groups is 1. The molecule has 37 heavy (non-hydrogen) atoms. The maximum Gasteiger partial charge on any atom is 0.290 e. The lowest BCUT2D eigenvalue weighted by molar-refractivity contribution is -0.139. The molecule has 6 rings (SSSR count). The third kappa shape index (κ3) is 5.19. The van der Waals surface area contributed by atoms with Gasteiger partial charge in [0.2, 0.25) is 11.8 Å². The predicted octanol–water partition coefficient (Wildman–Crippen LogP) is 3.70. The standard InChI is InChI=1S/C25H25ClN4O3S.CH2O2/c26-15-11-18(24-20(4-10-33-21(24)12-15)29-8-6-27-7-9-29)17-3-5-28-19-13-16(34-25(17)19)14-30-22(31)1-2-23(30)32;2-1-3/h3,5,11-13,20,27H,1-2,4,6-10,14H2;1H,(H,2,3)/t20-;/m1./s1. The molecule has 3 aliphatic heterocycles. The Morgan fingerprint density at radius 3 is 2.62 bits per heavy atom. The molecule has 5 heterocycles. The first-order chi connectivity index (χ1) is 18.0. The van der Waals surface area contributed by atoms with Crippen LogP contribution in [0.5, 0.6) is 5.75 Å². The molecule has 0 unspecified atom stereocenters. The number of nitrogens with one attached hydrogen (secondary N) is 1. The first-order valence-corrected chi connectivity index (χ1v) is 13.4. The topological polar surface area (TPSA) is 112 Å². The number of pyridine rings is 1. The van der Waals surface area contributed by atoms with Crippen molar-refractivity contribution in [2.45, 2.75) is 31.8 Å². The zero-order valence-electron chi connectivity index (χ0n) is 20.1. The van der Waals surface area contributed by atoms with E-state index < -0.39 is 0 Å². The Morgan fingerprint density at radius 2 is 1.89 bits per heavy atom. The Balaban J connectivity index is 0.000000892. The van der Waals surface area contributed by atoms with Crippen LogP contribution in [0, 0.1) is 0 Å². The Bertz CT molecular complexity index is 1320. The maximum absolute atomic E-state index is 12.1. The van der Waals surface area contributed by atoms with Gasteiger partial charge in [0, 0.05) is 78.7 Å². The number of fused-ring (bicyclic) bond motifs is 2. The maximum atomic E-state index is 12.1. The Morgan fingerprint density at radius 1 is 1.16 bits per heavy atom. The minimum Gasteiger partial charge on any atom is -0.493 e. The second kappa shape index (κ2) is 11.1. The van der Waals surface area contributed by atoms with E-state index in [1.54, 1.807) is 11.3 Å². The van der Waals surface area contributed by atoms with E-state index in [0.29, 0.717) is 31.0 Å². The molecule has 9 nitrogen and oxygen atoms in total. The lowest BCUT2D eigenvalue weighted by Gasteiger charge is -2.39. The van der Waals surface area contributed by atoms with Crippen molar-refractivity contribution in [3.63, 3.8) is 0 Å². The van der Waals surface area contributed by atoms with Gasteiger partial charge in [-0.3, -0.25) is 29.2 Å². The second-order valence-electron chi connectivity index (χ2n) is 9.07. The van der Waals surface area contributed by atoms with Gasteiger partial charge < -0.3 is 15.2 Å². The number of hydrogen-bond acceptors (Lipinski definition) is 8. The molecule has 3 aromatic rings. The van der Waals surface area contributed by atoms with Gasteiger partial charge in [0.25, 0.3) is 6.47 Å². The Labute approximate surface area is 223 Å². The monoisotopic (exact) mass is 542 g/mol. The average Bonchev–Trinajstić information content (AvgIpc) is 3.46. The summed E-state index contributed by atoms with van der Waals surface area (Å²) in [7, 11) is 0. The molecule has 11 heteroatoms. The number of halogens is 1. The molecular formula is C26H27ClN4O5S. The first-order valence-electron chi connectivity index (χ1n) is 12.2. The number of aromatic nitrogens is 1. The number of ether oxygens (including phenoxy) is 1. The van der Waals surface area contributed by atoms with Crippen molar-refractivity contribution in [2.75, 3.05) is 32.8 Å². The van der Waals surface area contributed by atoms with Crippen LogP contribution in [-0.4, -0.2) is 71.0 Å². The van der Waals surface area contributed by atoms with Gasteiger partial charge in [-0.1, -0.05) is 11.6 Å². The van der Waals surface area contributed by atoms with Crippen molar-refractivity contribution in [3.05, 3.63) is 45.9 Å². The van der Waals surface area contributed by atoms with Crippen LogP contribution in [0.15, 0.2) is 30.5 Å². The molecule has 3 aliphatic rings. The summed E-state index contributed by atoms with van der Waals surface area (Å²) in [6.07, 6.45) is 3.35. The van der Waals surface area contributed by atoms with Crippen LogP contribution in [-0.2, 0) is 20.9 Å². The molecular weight excluding hydrogens is 516 g/mol. The summed E-state index contributed by atoms with van der Waals surface area (Å²) < 4.78 is 7.13. The molecule has 2 fully saturated rings. The third-order valence-corrected chi connectivity index (χ3v) is 8.26. The summed E-state index contributed by atoms with van der Waals surface area (Å²) in [6.45, 7) is 4.69. The average molecular weight is 543 g/mol. The zero-order valence-corrected chi connectivity index (χ0v) is 21.7. The summed E-state index contributed by atoms with van der Waals surface area (Å²) in [5, 5.41) is 11.0. The lowest BCUT2D eigenvalue weighted by atomic mass is 9.90. The highest BCUT2D eigenvalue weighted by molar-refractivity contribution is 7.19. The van der Waals surface area contributed by atoms with E-state index in [-0.39, 0.29) is 24.3 Å². The molecule has 0 radical (unpaired) electrons. The van der Waals surface area contributed by atoms with Crippen molar-refractivity contribution in [1.82, 2.24) is 20.1 Å². The SMILES string of the molecule is O=C1CCC(=O)N1Cc1cc2nccc(-c3cc(Cl)cc4c3[C@H](N3CCNCC3)CCO4)c2s1.O=CO. The Kier molecular flexibility index (Phi) is 7.71. The minimum absolute atomic E-state index is 0.101. The molecule has 0 spiro atoms. The number of carboxylic acid groups (broad SMARTS) is 1. The fourth-order valence-corrected chi connectivity index (χ4v) is 6.63. The normalized spacial score (nSPS) is 19.8. The van der Waals surface area contributed by atoms with Crippen molar-refractivity contribution < 1.29 is 24.2 Å². The van der Waals surface area contributed by atoms with Gasteiger partial charge in [0.05, 0.1) is 23.4 Å². The fraction of sp³-hybridized carbons (Fsp3) is 0.385. The van der Waals surface area contributed by atoms with Crippen LogP contribution in [0.2, 0.25) is 5.02 Å². The van der Waals surface area contributed by atoms with Gasteiger partial charge in [-0.15, -0.1) is 11.3 Å². The molecule has 194 valence electrons. The number of hydrogen-bond donors (Lipinski definition) is 2. The summed E-state index contributed by atoms with van der Waals surface area (Å²) in [5.74, 6) is 0.651. The predicted molar refractivity (Wildman–Crippen MR) is 141 cm³/mol. The van der Waals surface area contributed by atoms with Crippen LogP contribution in [0.25, 0.3) is 21.3 Å². The van der Waals surface area contributed by atoms with E-state index in [4.69, 9.17) is 26.2 Å². The van der Waals surface area contributed by atoms with Gasteiger partial charge in [-0.25, -0.2) is 0 Å². The molecule has 1 atom stereocenters. The highest BCUT2D eigenvalue weighted by Gasteiger charge is 2.32. The fourth-order valence-electron chi connectivity index (χ4n) is 5.30. The van der Waals surface area contributed by atoms with Gasteiger partial charge in [-0.2, -0.15) is 0 Å². The number of amides is 2. The van der Waals surface area contributed by atoms with Gasteiger partial charge in [0.1, 0.15) is 5.75 Å². The molecule has 2 N–H and O–H groups in total. The van der Waals surface area contributed by atoms with Crippen molar-refractivity contribution in [3.8, 4) is 16.9 Å². The van der Waals surface area contributed by atoms with Crippen molar-refractivity contribution >= 4 is 51.4 Å². The summed E-state index contributed by atoms with van der Waals surface area (Å²) in [4.78, 5) is 42.1. The Hall–Kier alpha value is -3.05. The number of carbonyl (C=O) groups excluding carboxylic acids is 2. The van der Waals surface area contributed by atoms with E-state index >= 15 is 0 Å². The first kappa shape index (κ1) is 25.6. The quantitative estimate of drug-likeness (QED) is 0.379. The number of nitrogens with zero attached hydrogens (tertiary/aromatic N) is 3. The largest absolute Gasteiger partial charge is 0.493 e. The molecule has 0 aliphatic carbocycles. The zero-order chi connectivity index (χ0) is 25.9. The molecule has 0 bridgehead atoms. The van der Waals surface area contributed by atoms with Crippen molar-refractivity contribution in [1.29, 1.82) is 0 Å². The van der Waals surface area contributed by atoms with Gasteiger partial charge in [-0.05, 0) is 29.8 Å². The highest BCUT2D eigenvalue weighted by atomic mass is 35.5. The number of piperazine rings is 1. The van der Waals surface area contributed by atoms with E-state index in [2.05, 4.69) is 15.2 Å². The summed E-state index contributed by atoms with van der Waals surface area (Å²) >= 11 is 8.16. The lowest BCUT2D eigenvalue weighted by Crippen LogP contribution is -2.46. The van der Waals surface area contributed by atoms with Gasteiger partial charge in [0.15, 0.2) is 0 Å². The summed E-state index contributed by atoms with van der Waals surface area (Å²) in [5.41, 5.74) is 4.18. The van der Waals surface area contributed by atoms with Crippen LogP contribution >= 0.6 is 22.9 Å². The van der Waals surface area contributed by atoms with Crippen LogP contribution in [0.3, 0.4) is 0 Å². The number of benzene rings is 1. The molecule has 1 aromatic carbocycles. The molecule has 0 saturated carbocycles. The van der Waals surface area contributed by atoms with Crippen molar-refractivity contribution in [2.24, 2.45) is 0 Å².